The highest BCUT2D eigenvalue weighted by Gasteiger charge is 2.52. The van der Waals surface area contributed by atoms with Crippen molar-refractivity contribution in [2.75, 3.05) is 5.75 Å². The van der Waals surface area contributed by atoms with Gasteiger partial charge in [-0.2, -0.15) is 0 Å². The van der Waals surface area contributed by atoms with Gasteiger partial charge in [-0.3, -0.25) is 9.59 Å². The molecule has 0 bridgehead atoms. The Morgan fingerprint density at radius 3 is 2.90 bits per heavy atom. The standard InChI is InChI=1S/C15H17ClN2O2S/c1-15-7-6-13(19)18(15)12(9-21-15)14(20)17-8-10-2-4-11(16)5-3-10/h2-5,12H,6-9H2,1H3,(H,17,20). The first kappa shape index (κ1) is 14.7. The molecule has 2 aliphatic heterocycles. The van der Waals surface area contributed by atoms with Crippen molar-refractivity contribution < 1.29 is 9.59 Å². The van der Waals surface area contributed by atoms with Crippen LogP contribution in [0.1, 0.15) is 25.3 Å². The molecule has 1 aromatic rings. The number of thioether (sulfide) groups is 1. The number of carbonyl (C=O) groups excluding carboxylic acids is 2. The molecular formula is C15H17ClN2O2S. The van der Waals surface area contributed by atoms with Crippen LogP contribution in [-0.2, 0) is 16.1 Å². The van der Waals surface area contributed by atoms with Gasteiger partial charge in [-0.25, -0.2) is 0 Å². The van der Waals surface area contributed by atoms with E-state index in [1.165, 1.54) is 0 Å². The lowest BCUT2D eigenvalue weighted by molar-refractivity contribution is -0.138. The van der Waals surface area contributed by atoms with E-state index < -0.39 is 0 Å². The molecule has 0 saturated carbocycles. The Balaban J connectivity index is 1.63. The molecule has 3 rings (SSSR count). The van der Waals surface area contributed by atoms with Gasteiger partial charge in [-0.1, -0.05) is 23.7 Å². The van der Waals surface area contributed by atoms with Crippen molar-refractivity contribution in [3.8, 4) is 0 Å². The van der Waals surface area contributed by atoms with Gasteiger partial charge in [0.2, 0.25) is 11.8 Å². The minimum Gasteiger partial charge on any atom is -0.350 e. The molecule has 1 aromatic carbocycles. The third kappa shape index (κ3) is 2.77. The Morgan fingerprint density at radius 2 is 2.19 bits per heavy atom. The minimum absolute atomic E-state index is 0.0728. The van der Waals surface area contributed by atoms with Crippen LogP contribution in [-0.4, -0.2) is 33.4 Å². The molecule has 2 saturated heterocycles. The fourth-order valence-corrected chi connectivity index (χ4v) is 4.48. The van der Waals surface area contributed by atoms with Crippen LogP contribution >= 0.6 is 23.4 Å². The predicted molar refractivity (Wildman–Crippen MR) is 84.0 cm³/mol. The molecule has 2 atom stereocenters. The molecule has 0 aliphatic carbocycles. The van der Waals surface area contributed by atoms with Crippen molar-refractivity contribution in [1.29, 1.82) is 0 Å². The molecule has 2 aliphatic rings. The number of fused-ring (bicyclic) bond motifs is 1. The zero-order valence-electron chi connectivity index (χ0n) is 11.8. The molecule has 112 valence electrons. The van der Waals surface area contributed by atoms with Crippen molar-refractivity contribution >= 4 is 35.2 Å². The number of carbonyl (C=O) groups is 2. The maximum atomic E-state index is 12.4. The van der Waals surface area contributed by atoms with Crippen molar-refractivity contribution in [2.24, 2.45) is 0 Å². The van der Waals surface area contributed by atoms with E-state index >= 15 is 0 Å². The van der Waals surface area contributed by atoms with Gasteiger partial charge in [-0.15, -0.1) is 11.8 Å². The van der Waals surface area contributed by atoms with E-state index in [4.69, 9.17) is 11.6 Å². The number of hydrogen-bond donors (Lipinski definition) is 1. The zero-order chi connectivity index (χ0) is 15.0. The van der Waals surface area contributed by atoms with E-state index in [1.807, 2.05) is 12.1 Å². The number of rotatable bonds is 3. The average molecular weight is 325 g/mol. The van der Waals surface area contributed by atoms with Gasteiger partial charge in [0.05, 0.1) is 4.87 Å². The lowest BCUT2D eigenvalue weighted by atomic mass is 10.2. The van der Waals surface area contributed by atoms with Crippen molar-refractivity contribution in [3.63, 3.8) is 0 Å². The molecule has 1 N–H and O–H groups in total. The van der Waals surface area contributed by atoms with E-state index in [-0.39, 0.29) is 22.7 Å². The minimum atomic E-state index is -0.345. The van der Waals surface area contributed by atoms with Gasteiger partial charge >= 0.3 is 0 Å². The van der Waals surface area contributed by atoms with E-state index in [1.54, 1.807) is 28.8 Å². The number of hydrogen-bond acceptors (Lipinski definition) is 3. The molecule has 2 amide bonds. The van der Waals surface area contributed by atoms with Crippen LogP contribution in [0.15, 0.2) is 24.3 Å². The van der Waals surface area contributed by atoms with Crippen molar-refractivity contribution in [2.45, 2.75) is 37.2 Å². The van der Waals surface area contributed by atoms with Crippen LogP contribution in [0.2, 0.25) is 5.02 Å². The summed E-state index contributed by atoms with van der Waals surface area (Å²) in [6, 6.07) is 7.03. The van der Waals surface area contributed by atoms with Gasteiger partial charge in [0, 0.05) is 23.7 Å². The Labute approximate surface area is 133 Å². The zero-order valence-corrected chi connectivity index (χ0v) is 13.3. The maximum absolute atomic E-state index is 12.4. The monoisotopic (exact) mass is 324 g/mol. The van der Waals surface area contributed by atoms with Crippen LogP contribution in [0.3, 0.4) is 0 Å². The highest BCUT2D eigenvalue weighted by Crippen LogP contribution is 2.47. The molecule has 21 heavy (non-hydrogen) atoms. The van der Waals surface area contributed by atoms with Crippen LogP contribution in [0, 0.1) is 0 Å². The first-order valence-electron chi connectivity index (χ1n) is 6.98. The summed E-state index contributed by atoms with van der Waals surface area (Å²) in [6.07, 6.45) is 1.38. The largest absolute Gasteiger partial charge is 0.350 e. The average Bonchev–Trinajstić information content (AvgIpc) is 2.95. The summed E-state index contributed by atoms with van der Waals surface area (Å²) < 4.78 is 0. The fourth-order valence-electron chi connectivity index (χ4n) is 2.92. The smallest absolute Gasteiger partial charge is 0.243 e. The quantitative estimate of drug-likeness (QED) is 0.929. The topological polar surface area (TPSA) is 49.4 Å². The number of amides is 2. The molecule has 2 heterocycles. The summed E-state index contributed by atoms with van der Waals surface area (Å²) in [4.78, 5) is 26.0. The van der Waals surface area contributed by atoms with Gasteiger partial charge in [0.15, 0.2) is 0 Å². The Morgan fingerprint density at radius 1 is 1.48 bits per heavy atom. The molecule has 0 spiro atoms. The van der Waals surface area contributed by atoms with E-state index in [0.29, 0.717) is 23.7 Å². The van der Waals surface area contributed by atoms with Crippen molar-refractivity contribution in [3.05, 3.63) is 34.9 Å². The lowest BCUT2D eigenvalue weighted by Crippen LogP contribution is -2.49. The van der Waals surface area contributed by atoms with Crippen LogP contribution in [0.4, 0.5) is 0 Å². The third-order valence-corrected chi connectivity index (χ3v) is 5.88. The molecule has 0 aromatic heterocycles. The highest BCUT2D eigenvalue weighted by atomic mass is 35.5. The van der Waals surface area contributed by atoms with E-state index in [2.05, 4.69) is 12.2 Å². The second kappa shape index (κ2) is 5.54. The first-order chi connectivity index (χ1) is 9.99. The summed E-state index contributed by atoms with van der Waals surface area (Å²) in [5, 5.41) is 3.60. The normalized spacial score (nSPS) is 27.8. The highest BCUT2D eigenvalue weighted by molar-refractivity contribution is 8.01. The third-order valence-electron chi connectivity index (χ3n) is 4.13. The second-order valence-corrected chi connectivity index (χ2v) is 7.55. The van der Waals surface area contributed by atoms with Gasteiger partial charge in [0.25, 0.3) is 0 Å². The van der Waals surface area contributed by atoms with Crippen LogP contribution < -0.4 is 5.32 Å². The number of halogens is 1. The molecule has 2 fully saturated rings. The molecule has 2 unspecified atom stereocenters. The molecular weight excluding hydrogens is 308 g/mol. The molecule has 4 nitrogen and oxygen atoms in total. The second-order valence-electron chi connectivity index (χ2n) is 5.61. The summed E-state index contributed by atoms with van der Waals surface area (Å²) in [5.74, 6) is 0.694. The van der Waals surface area contributed by atoms with E-state index in [0.717, 1.165) is 12.0 Å². The van der Waals surface area contributed by atoms with Crippen molar-refractivity contribution in [1.82, 2.24) is 10.2 Å². The first-order valence-corrected chi connectivity index (χ1v) is 8.34. The Bertz CT molecular complexity index is 578. The predicted octanol–water partition coefficient (Wildman–Crippen LogP) is 2.41. The summed E-state index contributed by atoms with van der Waals surface area (Å²) in [7, 11) is 0. The number of nitrogens with one attached hydrogen (secondary N) is 1. The van der Waals surface area contributed by atoms with Crippen LogP contribution in [0.25, 0.3) is 0 Å². The summed E-state index contributed by atoms with van der Waals surface area (Å²) in [6.45, 7) is 2.50. The Kier molecular flexibility index (Phi) is 3.88. The summed E-state index contributed by atoms with van der Waals surface area (Å²) >= 11 is 7.54. The van der Waals surface area contributed by atoms with E-state index in [9.17, 15) is 9.59 Å². The lowest BCUT2D eigenvalue weighted by Gasteiger charge is -2.29. The van der Waals surface area contributed by atoms with Gasteiger partial charge < -0.3 is 10.2 Å². The number of nitrogens with zero attached hydrogens (tertiary/aromatic N) is 1. The number of benzene rings is 1. The molecule has 0 radical (unpaired) electrons. The van der Waals surface area contributed by atoms with Gasteiger partial charge in [0.1, 0.15) is 6.04 Å². The molecule has 6 heteroatoms. The SMILES string of the molecule is CC12CCC(=O)N1C(C(=O)NCc1ccc(Cl)cc1)CS2. The Hall–Kier alpha value is -1.20. The maximum Gasteiger partial charge on any atom is 0.243 e. The summed E-state index contributed by atoms with van der Waals surface area (Å²) in [5.41, 5.74) is 0.994. The fraction of sp³-hybridized carbons (Fsp3) is 0.467. The van der Waals surface area contributed by atoms with Crippen LogP contribution in [0.5, 0.6) is 0 Å². The van der Waals surface area contributed by atoms with Gasteiger partial charge in [-0.05, 0) is 31.0 Å².